The van der Waals surface area contributed by atoms with Crippen molar-refractivity contribution >= 4 is 44.1 Å². The summed E-state index contributed by atoms with van der Waals surface area (Å²) in [5.74, 6) is -0.530. The Morgan fingerprint density at radius 1 is 1.16 bits per heavy atom. The van der Waals surface area contributed by atoms with Gasteiger partial charge in [0.25, 0.3) is 5.78 Å². The summed E-state index contributed by atoms with van der Waals surface area (Å²) < 4.78 is 12.1. The fraction of sp³-hybridized carbons (Fsp3) is 0.207. The Kier molecular flexibility index (Phi) is 5.80. The van der Waals surface area contributed by atoms with Gasteiger partial charge in [-0.05, 0) is 73.5 Å². The highest BCUT2D eigenvalue weighted by Crippen LogP contribution is 2.45. The van der Waals surface area contributed by atoms with Crippen LogP contribution < -0.4 is 14.4 Å². The summed E-state index contributed by atoms with van der Waals surface area (Å²) in [6, 6.07) is 16.0. The predicted molar refractivity (Wildman–Crippen MR) is 144 cm³/mol. The van der Waals surface area contributed by atoms with Crippen LogP contribution >= 0.6 is 11.3 Å². The van der Waals surface area contributed by atoms with Crippen molar-refractivity contribution in [1.82, 2.24) is 4.98 Å². The number of thiazole rings is 1. The molecule has 0 saturated carbocycles. The standard InChI is InChI=1S/C29H24N2O6S/c1-3-36-20-8-9-21-23(14-20)38-29(30-21)31-25(16-5-4-6-19(32)13-16)24(27(34)28(31)35)26(33)17-7-10-22-18(12-17)11-15(2)37-22/h4-10,12-15,25,32-33H,3,11H2,1-2H3/t15-,25+/m1/s1. The number of hydrogen-bond donors (Lipinski definition) is 2. The summed E-state index contributed by atoms with van der Waals surface area (Å²) >= 11 is 1.25. The molecule has 2 N–H and O–H groups in total. The molecule has 192 valence electrons. The lowest BCUT2D eigenvalue weighted by atomic mass is 9.94. The number of carbonyl (C=O) groups excluding carboxylic acids is 2. The van der Waals surface area contributed by atoms with Gasteiger partial charge in [-0.2, -0.15) is 0 Å². The van der Waals surface area contributed by atoms with Crippen LogP contribution in [0.4, 0.5) is 5.13 Å². The molecule has 3 aromatic carbocycles. The van der Waals surface area contributed by atoms with Crippen LogP contribution in [0.25, 0.3) is 16.0 Å². The number of amides is 1. The first-order valence-electron chi connectivity index (χ1n) is 12.3. The maximum atomic E-state index is 13.5. The van der Waals surface area contributed by atoms with Crippen LogP contribution in [-0.2, 0) is 16.0 Å². The van der Waals surface area contributed by atoms with E-state index in [0.717, 1.165) is 16.0 Å². The molecule has 8 nitrogen and oxygen atoms in total. The Balaban J connectivity index is 1.51. The number of carbonyl (C=O) groups is 2. The first-order valence-corrected chi connectivity index (χ1v) is 13.1. The molecule has 4 aromatic rings. The molecule has 1 fully saturated rings. The van der Waals surface area contributed by atoms with Crippen LogP contribution in [0, 0.1) is 0 Å². The third-order valence-corrected chi connectivity index (χ3v) is 7.68. The number of ether oxygens (including phenoxy) is 2. The number of phenols is 1. The SMILES string of the molecule is CCOc1ccc2nc(N3C(=O)C(=O)C(=C(O)c4ccc5c(c4)C[C@@H](C)O5)[C@@H]3c3cccc(O)c3)sc2c1. The second-order valence-corrected chi connectivity index (χ2v) is 10.3. The molecule has 0 radical (unpaired) electrons. The van der Waals surface area contributed by atoms with Crippen LogP contribution in [0.3, 0.4) is 0 Å². The van der Waals surface area contributed by atoms with E-state index in [2.05, 4.69) is 4.98 Å². The maximum absolute atomic E-state index is 13.5. The summed E-state index contributed by atoms with van der Waals surface area (Å²) in [6.45, 7) is 4.37. The lowest BCUT2D eigenvalue weighted by Crippen LogP contribution is -2.29. The van der Waals surface area contributed by atoms with Crippen LogP contribution in [0.15, 0.2) is 66.2 Å². The van der Waals surface area contributed by atoms with Gasteiger partial charge in [-0.15, -0.1) is 0 Å². The molecule has 6 rings (SSSR count). The largest absolute Gasteiger partial charge is 0.508 e. The van der Waals surface area contributed by atoms with Gasteiger partial charge in [0.2, 0.25) is 0 Å². The number of fused-ring (bicyclic) bond motifs is 2. The lowest BCUT2D eigenvalue weighted by Gasteiger charge is -2.23. The molecule has 0 aliphatic carbocycles. The van der Waals surface area contributed by atoms with Crippen molar-refractivity contribution in [3.05, 3.63) is 82.9 Å². The summed E-state index contributed by atoms with van der Waals surface area (Å²) in [6.07, 6.45) is 0.693. The fourth-order valence-corrected chi connectivity index (χ4v) is 6.04. The van der Waals surface area contributed by atoms with Gasteiger partial charge in [-0.1, -0.05) is 23.5 Å². The van der Waals surface area contributed by atoms with E-state index in [-0.39, 0.29) is 23.2 Å². The third-order valence-electron chi connectivity index (χ3n) is 6.67. The molecule has 1 saturated heterocycles. The first kappa shape index (κ1) is 24.0. The zero-order valence-corrected chi connectivity index (χ0v) is 21.5. The predicted octanol–water partition coefficient (Wildman–Crippen LogP) is 5.35. The minimum atomic E-state index is -0.988. The lowest BCUT2D eigenvalue weighted by molar-refractivity contribution is -0.132. The summed E-state index contributed by atoms with van der Waals surface area (Å²) in [5, 5.41) is 22.0. The van der Waals surface area contributed by atoms with E-state index in [1.165, 1.54) is 28.4 Å². The van der Waals surface area contributed by atoms with Gasteiger partial charge in [0.1, 0.15) is 29.1 Å². The van der Waals surface area contributed by atoms with Crippen molar-refractivity contribution in [2.24, 2.45) is 0 Å². The second-order valence-electron chi connectivity index (χ2n) is 9.28. The Morgan fingerprint density at radius 2 is 2.00 bits per heavy atom. The molecule has 1 aromatic heterocycles. The minimum absolute atomic E-state index is 0.0162. The van der Waals surface area contributed by atoms with Gasteiger partial charge in [0.15, 0.2) is 5.13 Å². The first-order chi connectivity index (χ1) is 18.3. The van der Waals surface area contributed by atoms with Crippen molar-refractivity contribution < 1.29 is 29.3 Å². The number of aliphatic hydroxyl groups is 1. The van der Waals surface area contributed by atoms with E-state index in [1.807, 2.05) is 19.9 Å². The van der Waals surface area contributed by atoms with Crippen molar-refractivity contribution in [2.75, 3.05) is 11.5 Å². The quantitative estimate of drug-likeness (QED) is 0.204. The van der Waals surface area contributed by atoms with E-state index in [1.54, 1.807) is 42.5 Å². The van der Waals surface area contributed by atoms with E-state index < -0.39 is 17.7 Å². The molecule has 0 spiro atoms. The fourth-order valence-electron chi connectivity index (χ4n) is 5.02. The number of rotatable bonds is 5. The molecule has 38 heavy (non-hydrogen) atoms. The number of hydrogen-bond acceptors (Lipinski definition) is 8. The van der Waals surface area contributed by atoms with E-state index in [0.29, 0.717) is 40.6 Å². The normalized spacial score (nSPS) is 20.1. The van der Waals surface area contributed by atoms with Crippen molar-refractivity contribution in [1.29, 1.82) is 0 Å². The van der Waals surface area contributed by atoms with E-state index in [9.17, 15) is 19.8 Å². The smallest absolute Gasteiger partial charge is 0.301 e. The molecule has 1 amide bonds. The average Bonchev–Trinajstić information content (AvgIpc) is 3.56. The molecular formula is C29H24N2O6S. The van der Waals surface area contributed by atoms with Gasteiger partial charge in [0.05, 0.1) is 28.4 Å². The van der Waals surface area contributed by atoms with Crippen LogP contribution in [0.5, 0.6) is 17.2 Å². The highest BCUT2D eigenvalue weighted by atomic mass is 32.1. The monoisotopic (exact) mass is 528 g/mol. The number of aromatic nitrogens is 1. The Bertz CT molecular complexity index is 1640. The van der Waals surface area contributed by atoms with E-state index in [4.69, 9.17) is 9.47 Å². The average molecular weight is 529 g/mol. The van der Waals surface area contributed by atoms with Crippen molar-refractivity contribution in [3.8, 4) is 17.2 Å². The summed E-state index contributed by atoms with van der Waals surface area (Å²) in [5.41, 5.74) is 2.38. The Hall–Kier alpha value is -4.37. The Morgan fingerprint density at radius 3 is 2.79 bits per heavy atom. The highest BCUT2D eigenvalue weighted by molar-refractivity contribution is 7.22. The number of Topliss-reactive ketones (excluding diaryl/α,β-unsaturated/α-hetero) is 1. The van der Waals surface area contributed by atoms with Gasteiger partial charge in [0, 0.05) is 12.0 Å². The minimum Gasteiger partial charge on any atom is -0.508 e. The number of benzene rings is 3. The van der Waals surface area contributed by atoms with Gasteiger partial charge >= 0.3 is 5.91 Å². The van der Waals surface area contributed by atoms with Gasteiger partial charge in [-0.3, -0.25) is 14.5 Å². The van der Waals surface area contributed by atoms with Gasteiger partial charge < -0.3 is 19.7 Å². The highest BCUT2D eigenvalue weighted by Gasteiger charge is 2.48. The van der Waals surface area contributed by atoms with Crippen LogP contribution in [-0.4, -0.2) is 39.6 Å². The molecule has 0 bridgehead atoms. The van der Waals surface area contributed by atoms with Gasteiger partial charge in [-0.25, -0.2) is 4.98 Å². The Labute approximate surface area is 222 Å². The van der Waals surface area contributed by atoms with Crippen LogP contribution in [0.2, 0.25) is 0 Å². The zero-order chi connectivity index (χ0) is 26.6. The summed E-state index contributed by atoms with van der Waals surface area (Å²) in [4.78, 5) is 32.9. The number of ketones is 1. The number of nitrogens with zero attached hydrogens (tertiary/aromatic N) is 2. The van der Waals surface area contributed by atoms with E-state index >= 15 is 0 Å². The molecule has 0 unspecified atom stereocenters. The number of phenolic OH excluding ortho intramolecular Hbond substituents is 1. The van der Waals surface area contributed by atoms with Crippen LogP contribution in [0.1, 0.15) is 36.6 Å². The molecule has 2 atom stereocenters. The number of aromatic hydroxyl groups is 1. The zero-order valence-electron chi connectivity index (χ0n) is 20.7. The van der Waals surface area contributed by atoms with Crippen molar-refractivity contribution in [3.63, 3.8) is 0 Å². The third kappa shape index (κ3) is 3.95. The molecule has 3 heterocycles. The second kappa shape index (κ2) is 9.18. The summed E-state index contributed by atoms with van der Waals surface area (Å²) in [7, 11) is 0. The molecular weight excluding hydrogens is 504 g/mol. The topological polar surface area (TPSA) is 109 Å². The number of anilines is 1. The number of aliphatic hydroxyl groups excluding tert-OH is 1. The molecule has 2 aliphatic rings. The molecule has 9 heteroatoms. The maximum Gasteiger partial charge on any atom is 0.301 e. The van der Waals surface area contributed by atoms with Crippen molar-refractivity contribution in [2.45, 2.75) is 32.4 Å². The molecule has 2 aliphatic heterocycles.